The molecule has 2 rings (SSSR count). The van der Waals surface area contributed by atoms with Crippen molar-refractivity contribution >= 4 is 17.5 Å². The van der Waals surface area contributed by atoms with E-state index in [0.29, 0.717) is 12.4 Å². The van der Waals surface area contributed by atoms with Gasteiger partial charge in [0, 0.05) is 12.7 Å². The van der Waals surface area contributed by atoms with Gasteiger partial charge in [-0.3, -0.25) is 9.59 Å². The Morgan fingerprint density at radius 1 is 0.963 bits per heavy atom. The molecule has 0 radical (unpaired) electrons. The van der Waals surface area contributed by atoms with Crippen LogP contribution in [0.2, 0.25) is 0 Å². The molecule has 0 atom stereocenters. The van der Waals surface area contributed by atoms with Gasteiger partial charge in [-0.05, 0) is 49.2 Å². The first-order valence-corrected chi connectivity index (χ1v) is 9.00. The summed E-state index contributed by atoms with van der Waals surface area (Å²) in [5, 5.41) is 2.85. The van der Waals surface area contributed by atoms with Crippen LogP contribution in [-0.2, 0) is 16.0 Å². The van der Waals surface area contributed by atoms with Gasteiger partial charge in [-0.1, -0.05) is 25.1 Å². The quantitative estimate of drug-likeness (QED) is 0.736. The van der Waals surface area contributed by atoms with Crippen LogP contribution in [0.1, 0.15) is 19.4 Å². The van der Waals surface area contributed by atoms with Gasteiger partial charge in [-0.2, -0.15) is 0 Å². The fourth-order valence-corrected chi connectivity index (χ4v) is 2.50. The summed E-state index contributed by atoms with van der Waals surface area (Å²) in [6.07, 6.45) is 0.821. The number of nitrogens with one attached hydrogen (secondary N) is 1. The van der Waals surface area contributed by atoms with Crippen LogP contribution in [0.25, 0.3) is 0 Å². The Balaban J connectivity index is 1.81. The maximum absolute atomic E-state index is 12.2. The van der Waals surface area contributed by atoms with E-state index in [1.807, 2.05) is 38.1 Å². The molecule has 2 aromatic rings. The number of para-hydroxylation sites is 1. The zero-order valence-corrected chi connectivity index (χ0v) is 16.0. The Morgan fingerprint density at radius 2 is 1.59 bits per heavy atom. The Hall–Kier alpha value is -3.02. The molecular weight excluding hydrogens is 344 g/mol. The monoisotopic (exact) mass is 370 g/mol. The molecule has 0 bridgehead atoms. The van der Waals surface area contributed by atoms with Crippen LogP contribution in [0.4, 0.5) is 5.69 Å². The number of carbonyl (C=O) groups excluding carboxylic acids is 2. The summed E-state index contributed by atoms with van der Waals surface area (Å²) in [7, 11) is 1.58. The number of anilines is 1. The van der Waals surface area contributed by atoms with Crippen molar-refractivity contribution in [1.29, 1.82) is 0 Å². The Kier molecular flexibility index (Phi) is 7.67. The molecule has 6 heteroatoms. The van der Waals surface area contributed by atoms with E-state index in [1.54, 1.807) is 31.3 Å². The highest BCUT2D eigenvalue weighted by molar-refractivity contribution is 5.95. The van der Waals surface area contributed by atoms with Gasteiger partial charge in [0.25, 0.3) is 5.91 Å². The average molecular weight is 370 g/mol. The van der Waals surface area contributed by atoms with Crippen molar-refractivity contribution in [3.05, 3.63) is 54.1 Å². The molecule has 0 unspecified atom stereocenters. The molecule has 0 saturated carbocycles. The van der Waals surface area contributed by atoms with Gasteiger partial charge in [-0.25, -0.2) is 0 Å². The molecule has 0 heterocycles. The number of rotatable bonds is 9. The summed E-state index contributed by atoms with van der Waals surface area (Å²) in [6.45, 7) is 4.36. The van der Waals surface area contributed by atoms with Crippen LogP contribution in [-0.4, -0.2) is 43.5 Å². The lowest BCUT2D eigenvalue weighted by molar-refractivity contribution is -0.135. The summed E-state index contributed by atoms with van der Waals surface area (Å²) in [5.41, 5.74) is 1.83. The molecule has 6 nitrogen and oxygen atoms in total. The van der Waals surface area contributed by atoms with E-state index in [0.717, 1.165) is 23.4 Å². The van der Waals surface area contributed by atoms with Gasteiger partial charge in [0.05, 0.1) is 13.2 Å². The van der Waals surface area contributed by atoms with E-state index in [1.165, 1.54) is 4.90 Å². The van der Waals surface area contributed by atoms with Crippen molar-refractivity contribution in [1.82, 2.24) is 4.90 Å². The first-order valence-electron chi connectivity index (χ1n) is 9.00. The van der Waals surface area contributed by atoms with Gasteiger partial charge in [0.2, 0.25) is 5.91 Å². The predicted octanol–water partition coefficient (Wildman–Crippen LogP) is 3.12. The number of benzene rings is 2. The minimum atomic E-state index is -0.275. The minimum Gasteiger partial charge on any atom is -0.494 e. The highest BCUT2D eigenvalue weighted by Gasteiger charge is 2.14. The SMILES string of the molecule is CCOc1ccc(OCC(=O)N(C)CC(=O)Nc2ccccc2CC)cc1. The van der Waals surface area contributed by atoms with Gasteiger partial charge in [0.1, 0.15) is 11.5 Å². The molecule has 0 saturated heterocycles. The van der Waals surface area contributed by atoms with E-state index in [9.17, 15) is 9.59 Å². The summed E-state index contributed by atoms with van der Waals surface area (Å²) in [6, 6.07) is 14.7. The molecule has 0 aliphatic heterocycles. The van der Waals surface area contributed by atoms with Crippen molar-refractivity contribution in [3.63, 3.8) is 0 Å². The highest BCUT2D eigenvalue weighted by atomic mass is 16.5. The number of aryl methyl sites for hydroxylation is 1. The predicted molar refractivity (Wildman–Crippen MR) is 105 cm³/mol. The molecule has 2 aromatic carbocycles. The number of hydrogen-bond acceptors (Lipinski definition) is 4. The normalized spacial score (nSPS) is 10.2. The fourth-order valence-electron chi connectivity index (χ4n) is 2.50. The third-order valence-corrected chi connectivity index (χ3v) is 3.98. The molecule has 0 aliphatic carbocycles. The third kappa shape index (κ3) is 6.33. The van der Waals surface area contributed by atoms with Crippen LogP contribution >= 0.6 is 0 Å². The lowest BCUT2D eigenvalue weighted by atomic mass is 10.1. The van der Waals surface area contributed by atoms with Gasteiger partial charge in [0.15, 0.2) is 6.61 Å². The Labute approximate surface area is 160 Å². The third-order valence-electron chi connectivity index (χ3n) is 3.98. The smallest absolute Gasteiger partial charge is 0.260 e. The van der Waals surface area contributed by atoms with Crippen molar-refractivity contribution < 1.29 is 19.1 Å². The van der Waals surface area contributed by atoms with Gasteiger partial charge >= 0.3 is 0 Å². The maximum Gasteiger partial charge on any atom is 0.260 e. The molecule has 2 amide bonds. The Bertz CT molecular complexity index is 759. The maximum atomic E-state index is 12.2. The van der Waals surface area contributed by atoms with Crippen LogP contribution in [0.3, 0.4) is 0 Å². The van der Waals surface area contributed by atoms with E-state index in [-0.39, 0.29) is 25.0 Å². The molecule has 1 N–H and O–H groups in total. The molecular formula is C21H26N2O4. The molecule has 144 valence electrons. The number of amides is 2. The van der Waals surface area contributed by atoms with E-state index in [4.69, 9.17) is 9.47 Å². The van der Waals surface area contributed by atoms with Crippen LogP contribution in [0.5, 0.6) is 11.5 Å². The largest absolute Gasteiger partial charge is 0.494 e. The molecule has 0 aromatic heterocycles. The number of nitrogens with zero attached hydrogens (tertiary/aromatic N) is 1. The second-order valence-electron chi connectivity index (χ2n) is 6.00. The van der Waals surface area contributed by atoms with Crippen LogP contribution < -0.4 is 14.8 Å². The average Bonchev–Trinajstić information content (AvgIpc) is 2.67. The van der Waals surface area contributed by atoms with E-state index in [2.05, 4.69) is 5.32 Å². The van der Waals surface area contributed by atoms with Crippen molar-refractivity contribution in [3.8, 4) is 11.5 Å². The first kappa shape index (κ1) is 20.3. The summed E-state index contributed by atoms with van der Waals surface area (Å²) in [5.74, 6) is 0.800. The second kappa shape index (κ2) is 10.2. The lowest BCUT2D eigenvalue weighted by Crippen LogP contribution is -2.37. The zero-order chi connectivity index (χ0) is 19.6. The lowest BCUT2D eigenvalue weighted by Gasteiger charge is -2.18. The van der Waals surface area contributed by atoms with Crippen molar-refractivity contribution in [2.75, 3.05) is 32.1 Å². The van der Waals surface area contributed by atoms with Crippen LogP contribution in [0.15, 0.2) is 48.5 Å². The Morgan fingerprint density at radius 3 is 2.22 bits per heavy atom. The van der Waals surface area contributed by atoms with E-state index >= 15 is 0 Å². The fraction of sp³-hybridized carbons (Fsp3) is 0.333. The molecule has 0 spiro atoms. The first-order chi connectivity index (χ1) is 13.0. The minimum absolute atomic E-state index is 0.0382. The van der Waals surface area contributed by atoms with Crippen molar-refractivity contribution in [2.45, 2.75) is 20.3 Å². The molecule has 0 aliphatic rings. The van der Waals surface area contributed by atoms with Crippen molar-refractivity contribution in [2.24, 2.45) is 0 Å². The summed E-state index contributed by atoms with van der Waals surface area (Å²) in [4.78, 5) is 25.7. The van der Waals surface area contributed by atoms with E-state index < -0.39 is 0 Å². The van der Waals surface area contributed by atoms with Gasteiger partial charge in [-0.15, -0.1) is 0 Å². The number of likely N-dealkylation sites (N-methyl/N-ethyl adjacent to an activating group) is 1. The molecule has 0 fully saturated rings. The number of carbonyl (C=O) groups is 2. The highest BCUT2D eigenvalue weighted by Crippen LogP contribution is 2.18. The van der Waals surface area contributed by atoms with Gasteiger partial charge < -0.3 is 19.7 Å². The van der Waals surface area contributed by atoms with Crippen LogP contribution in [0, 0.1) is 0 Å². The number of hydrogen-bond donors (Lipinski definition) is 1. The molecule has 27 heavy (non-hydrogen) atoms. The second-order valence-corrected chi connectivity index (χ2v) is 6.00. The topological polar surface area (TPSA) is 67.9 Å². The number of ether oxygens (including phenoxy) is 2. The summed E-state index contributed by atoms with van der Waals surface area (Å²) >= 11 is 0. The summed E-state index contributed by atoms with van der Waals surface area (Å²) < 4.78 is 10.8. The zero-order valence-electron chi connectivity index (χ0n) is 16.0. The standard InChI is InChI=1S/C21H26N2O4/c1-4-16-8-6-7-9-19(16)22-20(24)14-23(3)21(25)15-27-18-12-10-17(11-13-18)26-5-2/h6-13H,4-5,14-15H2,1-3H3,(H,22,24).